The molecule has 0 aromatic heterocycles. The molecular formula is C35H42N2O6. The SMILES string of the molecule is CC[C@]12/C=C\CCCCOC(=O)[C@H]1[C@H]1C(=O)N([C@@H](CO)CC(C)C)C3C(=O)N(c4ccc5ccccc5c4)CC=C[C@@]31O2. The minimum atomic E-state index is -1.40. The van der Waals surface area contributed by atoms with Gasteiger partial charge in [0.05, 0.1) is 25.2 Å². The molecule has 1 spiro atoms. The number of aliphatic hydroxyl groups is 1. The van der Waals surface area contributed by atoms with Gasteiger partial charge in [-0.3, -0.25) is 14.4 Å². The van der Waals surface area contributed by atoms with E-state index in [9.17, 15) is 19.5 Å². The predicted molar refractivity (Wildman–Crippen MR) is 164 cm³/mol. The van der Waals surface area contributed by atoms with Crippen LogP contribution in [-0.2, 0) is 23.9 Å². The van der Waals surface area contributed by atoms with E-state index in [-0.39, 0.29) is 37.5 Å². The van der Waals surface area contributed by atoms with E-state index in [1.165, 1.54) is 0 Å². The quantitative estimate of drug-likeness (QED) is 0.386. The lowest BCUT2D eigenvalue weighted by Crippen LogP contribution is -2.59. The van der Waals surface area contributed by atoms with Crippen LogP contribution < -0.4 is 4.90 Å². The first kappa shape index (κ1) is 29.6. The van der Waals surface area contributed by atoms with Gasteiger partial charge in [-0.2, -0.15) is 0 Å². The molecule has 8 heteroatoms. The molecule has 4 aliphatic rings. The number of ether oxygens (including phenoxy) is 2. The van der Waals surface area contributed by atoms with Crippen LogP contribution in [-0.4, -0.2) is 70.8 Å². The van der Waals surface area contributed by atoms with E-state index in [1.54, 1.807) is 9.80 Å². The van der Waals surface area contributed by atoms with Crippen molar-refractivity contribution >= 4 is 34.2 Å². The third kappa shape index (κ3) is 4.79. The molecule has 2 fully saturated rings. The molecule has 0 aliphatic carbocycles. The number of esters is 1. The molecule has 2 aromatic rings. The molecule has 6 rings (SSSR count). The number of benzene rings is 2. The van der Waals surface area contributed by atoms with Crippen LogP contribution in [0.2, 0.25) is 0 Å². The number of fused-ring (bicyclic) bond motifs is 3. The normalized spacial score (nSPS) is 32.3. The summed E-state index contributed by atoms with van der Waals surface area (Å²) in [4.78, 5) is 46.7. The van der Waals surface area contributed by atoms with Crippen LogP contribution in [0, 0.1) is 17.8 Å². The molecule has 2 saturated heterocycles. The van der Waals surface area contributed by atoms with Crippen LogP contribution in [0.4, 0.5) is 5.69 Å². The van der Waals surface area contributed by atoms with Crippen molar-refractivity contribution in [3.63, 3.8) is 0 Å². The molecule has 0 bridgehead atoms. The maximum absolute atomic E-state index is 14.9. The van der Waals surface area contributed by atoms with Crippen LogP contribution in [0.5, 0.6) is 0 Å². The topological polar surface area (TPSA) is 96.4 Å². The Morgan fingerprint density at radius 2 is 1.77 bits per heavy atom. The number of aliphatic hydroxyl groups excluding tert-OH is 1. The van der Waals surface area contributed by atoms with Crippen molar-refractivity contribution in [2.24, 2.45) is 17.8 Å². The lowest BCUT2D eigenvalue weighted by Gasteiger charge is -2.41. The number of nitrogens with zero attached hydrogens (tertiary/aromatic N) is 2. The van der Waals surface area contributed by atoms with Gasteiger partial charge in [-0.15, -0.1) is 0 Å². The number of allylic oxidation sites excluding steroid dienone is 1. The summed E-state index contributed by atoms with van der Waals surface area (Å²) >= 11 is 0. The third-order valence-electron chi connectivity index (χ3n) is 9.71. The van der Waals surface area contributed by atoms with E-state index in [0.29, 0.717) is 18.5 Å². The van der Waals surface area contributed by atoms with E-state index >= 15 is 0 Å². The number of cyclic esters (lactones) is 1. The first-order valence-electron chi connectivity index (χ1n) is 15.7. The van der Waals surface area contributed by atoms with Crippen molar-refractivity contribution in [1.82, 2.24) is 4.90 Å². The van der Waals surface area contributed by atoms with Gasteiger partial charge in [0.15, 0.2) is 0 Å². The maximum atomic E-state index is 14.9. The second-order valence-electron chi connectivity index (χ2n) is 12.8. The van der Waals surface area contributed by atoms with Crippen LogP contribution in [0.25, 0.3) is 10.8 Å². The van der Waals surface area contributed by atoms with Crippen LogP contribution in [0.1, 0.15) is 52.9 Å². The number of hydrogen-bond acceptors (Lipinski definition) is 6. The van der Waals surface area contributed by atoms with Gasteiger partial charge in [0, 0.05) is 12.2 Å². The minimum absolute atomic E-state index is 0.159. The zero-order valence-corrected chi connectivity index (χ0v) is 25.3. The fourth-order valence-electron chi connectivity index (χ4n) is 7.77. The Morgan fingerprint density at radius 3 is 2.51 bits per heavy atom. The van der Waals surface area contributed by atoms with Gasteiger partial charge in [-0.25, -0.2) is 0 Å². The number of hydrogen-bond donors (Lipinski definition) is 1. The van der Waals surface area contributed by atoms with Gasteiger partial charge in [0.2, 0.25) is 5.91 Å². The number of amides is 2. The van der Waals surface area contributed by atoms with Gasteiger partial charge in [-0.05, 0) is 60.9 Å². The summed E-state index contributed by atoms with van der Waals surface area (Å²) in [5.41, 5.74) is -1.79. The van der Waals surface area contributed by atoms with Crippen molar-refractivity contribution in [1.29, 1.82) is 0 Å². The van der Waals surface area contributed by atoms with Crippen LogP contribution in [0.15, 0.2) is 66.8 Å². The molecule has 4 heterocycles. The molecule has 4 aliphatic heterocycles. The Hall–Kier alpha value is -3.49. The zero-order chi connectivity index (χ0) is 30.4. The lowest BCUT2D eigenvalue weighted by atomic mass is 9.73. The van der Waals surface area contributed by atoms with Gasteiger partial charge in [-0.1, -0.05) is 75.4 Å². The number of rotatable bonds is 6. The van der Waals surface area contributed by atoms with Crippen molar-refractivity contribution in [2.45, 2.75) is 76.2 Å². The molecule has 6 atom stereocenters. The Balaban J connectivity index is 1.52. The summed E-state index contributed by atoms with van der Waals surface area (Å²) in [7, 11) is 0. The fraction of sp³-hybridized carbons (Fsp3) is 0.514. The van der Waals surface area contributed by atoms with E-state index in [0.717, 1.165) is 30.0 Å². The van der Waals surface area contributed by atoms with E-state index in [2.05, 4.69) is 0 Å². The highest BCUT2D eigenvalue weighted by Gasteiger charge is 2.75. The largest absolute Gasteiger partial charge is 0.465 e. The fourth-order valence-corrected chi connectivity index (χ4v) is 7.77. The van der Waals surface area contributed by atoms with Crippen molar-refractivity contribution in [3.8, 4) is 0 Å². The van der Waals surface area contributed by atoms with Crippen LogP contribution >= 0.6 is 0 Å². The van der Waals surface area contributed by atoms with Crippen LogP contribution in [0.3, 0.4) is 0 Å². The maximum Gasteiger partial charge on any atom is 0.313 e. The van der Waals surface area contributed by atoms with Crippen molar-refractivity contribution in [2.75, 3.05) is 24.7 Å². The summed E-state index contributed by atoms with van der Waals surface area (Å²) in [5.74, 6) is -2.82. The number of anilines is 1. The molecule has 228 valence electrons. The summed E-state index contributed by atoms with van der Waals surface area (Å²) in [6.07, 6.45) is 11.1. The van der Waals surface area contributed by atoms with Gasteiger partial charge < -0.3 is 24.4 Å². The van der Waals surface area contributed by atoms with E-state index < -0.39 is 41.1 Å². The first-order chi connectivity index (χ1) is 20.8. The summed E-state index contributed by atoms with van der Waals surface area (Å²) in [6.45, 7) is 6.26. The Bertz CT molecular complexity index is 1470. The second-order valence-corrected chi connectivity index (χ2v) is 12.8. The smallest absolute Gasteiger partial charge is 0.313 e. The Labute approximate surface area is 253 Å². The Morgan fingerprint density at radius 1 is 0.977 bits per heavy atom. The number of carbonyl (C=O) groups is 3. The lowest BCUT2D eigenvalue weighted by molar-refractivity contribution is -0.161. The molecule has 0 radical (unpaired) electrons. The average molecular weight is 587 g/mol. The zero-order valence-electron chi connectivity index (χ0n) is 25.3. The standard InChI is InChI=1S/C35H42N2O6/c1-4-34-16-9-5-6-10-19-42-33(41)29(34)28-31(39)37(27(22-38)20-23(2)3)30-32(40)36(18-11-17-35(28,30)43-34)26-15-14-24-12-7-8-13-25(24)21-26/h7-9,11-17,21,23,27-30,38H,4-6,10,18-20,22H2,1-3H3/b16-9-/t27-,28+,29-,30?,34+,35+/m1/s1. The van der Waals surface area contributed by atoms with Crippen molar-refractivity contribution in [3.05, 3.63) is 66.8 Å². The summed E-state index contributed by atoms with van der Waals surface area (Å²) < 4.78 is 12.8. The predicted octanol–water partition coefficient (Wildman–Crippen LogP) is 4.79. The summed E-state index contributed by atoms with van der Waals surface area (Å²) in [5, 5.41) is 12.7. The highest BCUT2D eigenvalue weighted by molar-refractivity contribution is 6.06. The minimum Gasteiger partial charge on any atom is -0.465 e. The molecule has 1 unspecified atom stereocenters. The highest BCUT2D eigenvalue weighted by atomic mass is 16.6. The molecule has 2 aromatic carbocycles. The molecular weight excluding hydrogens is 544 g/mol. The summed E-state index contributed by atoms with van der Waals surface area (Å²) in [6, 6.07) is 12.2. The average Bonchev–Trinajstić information content (AvgIpc) is 3.36. The van der Waals surface area contributed by atoms with E-state index in [1.807, 2.05) is 87.5 Å². The van der Waals surface area contributed by atoms with Gasteiger partial charge in [0.1, 0.15) is 23.2 Å². The van der Waals surface area contributed by atoms with Gasteiger partial charge in [0.25, 0.3) is 5.91 Å². The first-order valence-corrected chi connectivity index (χ1v) is 15.7. The molecule has 2 amide bonds. The van der Waals surface area contributed by atoms with E-state index in [4.69, 9.17) is 9.47 Å². The molecule has 8 nitrogen and oxygen atoms in total. The monoisotopic (exact) mass is 586 g/mol. The molecule has 0 saturated carbocycles. The van der Waals surface area contributed by atoms with Gasteiger partial charge >= 0.3 is 5.97 Å². The highest BCUT2D eigenvalue weighted by Crippen LogP contribution is 2.58. The van der Waals surface area contributed by atoms with Crippen molar-refractivity contribution < 1.29 is 29.0 Å². The number of carbonyl (C=O) groups excluding carboxylic acids is 3. The molecule has 43 heavy (non-hydrogen) atoms. The second kappa shape index (κ2) is 11.5. The third-order valence-corrected chi connectivity index (χ3v) is 9.71. The number of likely N-dealkylation sites (tertiary alicyclic amines) is 1. The molecule has 1 N–H and O–H groups in total. The Kier molecular flexibility index (Phi) is 7.94.